The van der Waals surface area contributed by atoms with E-state index in [0.717, 1.165) is 16.7 Å². The molecular weight excluding hydrogens is 238 g/mol. The Morgan fingerprint density at radius 3 is 1.58 bits per heavy atom. The molecule has 1 aliphatic heterocycles. The molecular formula is C16H19NO2. The van der Waals surface area contributed by atoms with Gasteiger partial charge in [0.15, 0.2) is 0 Å². The van der Waals surface area contributed by atoms with Gasteiger partial charge in [-0.05, 0) is 33.3 Å². The normalized spacial score (nSPS) is 19.7. The van der Waals surface area contributed by atoms with Gasteiger partial charge in [-0.25, -0.2) is 0 Å². The molecule has 1 fully saturated rings. The molecule has 0 aromatic rings. The molecule has 0 spiro atoms. The van der Waals surface area contributed by atoms with Crippen molar-refractivity contribution >= 4 is 11.8 Å². The van der Waals surface area contributed by atoms with Crippen molar-refractivity contribution in [2.45, 2.75) is 27.7 Å². The molecule has 19 heavy (non-hydrogen) atoms. The summed E-state index contributed by atoms with van der Waals surface area (Å²) in [7, 11) is 0. The van der Waals surface area contributed by atoms with Crippen LogP contribution < -0.4 is 5.32 Å². The summed E-state index contributed by atoms with van der Waals surface area (Å²) in [5, 5.41) is 2.34. The molecule has 1 heterocycles. The molecule has 0 aromatic carbocycles. The minimum atomic E-state index is -0.381. The minimum Gasteiger partial charge on any atom is -0.288 e. The van der Waals surface area contributed by atoms with Crippen molar-refractivity contribution in [3.05, 3.63) is 58.7 Å². The SMILES string of the molecule is C=C(C)C(C(=C)C)=C1/C(=C\C)C(=O)NC(=O)/C1=C/C. The Balaban J connectivity index is 3.76. The Hall–Kier alpha value is -2.16. The second-order valence-electron chi connectivity index (χ2n) is 4.50. The number of allylic oxidation sites excluding steroid dienone is 5. The molecule has 2 amide bonds. The maximum Gasteiger partial charge on any atom is 0.258 e. The average molecular weight is 257 g/mol. The van der Waals surface area contributed by atoms with Gasteiger partial charge in [-0.3, -0.25) is 14.9 Å². The van der Waals surface area contributed by atoms with Gasteiger partial charge in [0.2, 0.25) is 0 Å². The number of amides is 2. The zero-order valence-electron chi connectivity index (χ0n) is 11.9. The van der Waals surface area contributed by atoms with E-state index < -0.39 is 0 Å². The molecule has 0 saturated carbocycles. The fraction of sp³-hybridized carbons (Fsp3) is 0.250. The number of rotatable bonds is 2. The lowest BCUT2D eigenvalue weighted by molar-refractivity contribution is -0.126. The van der Waals surface area contributed by atoms with Crippen molar-refractivity contribution in [3.8, 4) is 0 Å². The summed E-state index contributed by atoms with van der Waals surface area (Å²) < 4.78 is 0. The van der Waals surface area contributed by atoms with Crippen LogP contribution in [-0.2, 0) is 9.59 Å². The molecule has 1 N–H and O–H groups in total. The van der Waals surface area contributed by atoms with Crippen LogP contribution in [0.4, 0.5) is 0 Å². The summed E-state index contributed by atoms with van der Waals surface area (Å²) in [5.41, 5.74) is 3.91. The first-order chi connectivity index (χ1) is 8.84. The molecule has 0 unspecified atom stereocenters. The van der Waals surface area contributed by atoms with Crippen molar-refractivity contribution < 1.29 is 9.59 Å². The highest BCUT2D eigenvalue weighted by Crippen LogP contribution is 2.33. The van der Waals surface area contributed by atoms with Crippen LogP contribution in [0.5, 0.6) is 0 Å². The van der Waals surface area contributed by atoms with E-state index in [2.05, 4.69) is 18.5 Å². The van der Waals surface area contributed by atoms with E-state index in [4.69, 9.17) is 0 Å². The number of nitrogens with one attached hydrogen (secondary N) is 1. The summed E-state index contributed by atoms with van der Waals surface area (Å²) in [6, 6.07) is 0. The van der Waals surface area contributed by atoms with Gasteiger partial charge in [-0.15, -0.1) is 0 Å². The maximum absolute atomic E-state index is 11.9. The third kappa shape index (κ3) is 2.65. The van der Waals surface area contributed by atoms with Crippen molar-refractivity contribution in [1.29, 1.82) is 0 Å². The van der Waals surface area contributed by atoms with Crippen molar-refractivity contribution in [1.82, 2.24) is 5.32 Å². The van der Waals surface area contributed by atoms with E-state index in [1.165, 1.54) is 0 Å². The Labute approximate surface area is 114 Å². The van der Waals surface area contributed by atoms with E-state index in [1.807, 2.05) is 13.8 Å². The lowest BCUT2D eigenvalue weighted by Gasteiger charge is -2.24. The van der Waals surface area contributed by atoms with Crippen LogP contribution in [-0.4, -0.2) is 11.8 Å². The molecule has 3 heteroatoms. The smallest absolute Gasteiger partial charge is 0.258 e. The van der Waals surface area contributed by atoms with E-state index in [1.54, 1.807) is 26.0 Å². The Kier molecular flexibility index (Phi) is 4.43. The number of carbonyl (C=O) groups is 2. The standard InChI is InChI=1S/C16H19NO2/c1-7-11-14(13(9(3)4)10(5)6)12(8-2)16(19)17-15(11)18/h7-8H,3,5H2,1-2,4,6H3,(H,17,18,19)/b11-7+,12-8+. The van der Waals surface area contributed by atoms with Crippen molar-refractivity contribution in [2.24, 2.45) is 0 Å². The largest absolute Gasteiger partial charge is 0.288 e. The lowest BCUT2D eigenvalue weighted by atomic mass is 9.84. The summed E-state index contributed by atoms with van der Waals surface area (Å²) in [5.74, 6) is -0.763. The van der Waals surface area contributed by atoms with E-state index in [9.17, 15) is 9.59 Å². The molecule has 1 rings (SSSR count). The molecule has 0 bridgehead atoms. The molecule has 0 radical (unpaired) electrons. The average Bonchev–Trinajstić information content (AvgIpc) is 2.28. The number of carbonyl (C=O) groups excluding carboxylic acids is 2. The van der Waals surface area contributed by atoms with Crippen LogP contribution in [0, 0.1) is 0 Å². The van der Waals surface area contributed by atoms with Gasteiger partial charge in [-0.2, -0.15) is 0 Å². The number of hydrogen-bond acceptors (Lipinski definition) is 2. The van der Waals surface area contributed by atoms with Crippen molar-refractivity contribution in [2.75, 3.05) is 0 Å². The highest BCUT2D eigenvalue weighted by molar-refractivity contribution is 6.20. The van der Waals surface area contributed by atoms with Crippen molar-refractivity contribution in [3.63, 3.8) is 0 Å². The van der Waals surface area contributed by atoms with Crippen LogP contribution in [0.15, 0.2) is 58.7 Å². The van der Waals surface area contributed by atoms with Gasteiger partial charge in [0.25, 0.3) is 11.8 Å². The van der Waals surface area contributed by atoms with Crippen LogP contribution >= 0.6 is 0 Å². The lowest BCUT2D eigenvalue weighted by Crippen LogP contribution is -2.39. The number of piperidine rings is 1. The van der Waals surface area contributed by atoms with Gasteiger partial charge in [0.1, 0.15) is 0 Å². The molecule has 1 aliphatic rings. The monoisotopic (exact) mass is 257 g/mol. The number of hydrogen-bond donors (Lipinski definition) is 1. The van der Waals surface area contributed by atoms with Gasteiger partial charge < -0.3 is 0 Å². The molecule has 0 aliphatic carbocycles. The molecule has 0 atom stereocenters. The van der Waals surface area contributed by atoms with Crippen LogP contribution in [0.2, 0.25) is 0 Å². The van der Waals surface area contributed by atoms with Gasteiger partial charge in [0, 0.05) is 16.7 Å². The zero-order valence-corrected chi connectivity index (χ0v) is 11.9. The maximum atomic E-state index is 11.9. The van der Waals surface area contributed by atoms with E-state index >= 15 is 0 Å². The molecule has 1 saturated heterocycles. The van der Waals surface area contributed by atoms with Crippen LogP contribution in [0.25, 0.3) is 0 Å². The summed E-state index contributed by atoms with van der Waals surface area (Å²) in [4.78, 5) is 23.9. The second-order valence-corrected chi connectivity index (χ2v) is 4.50. The first kappa shape index (κ1) is 14.9. The summed E-state index contributed by atoms with van der Waals surface area (Å²) >= 11 is 0. The van der Waals surface area contributed by atoms with Crippen LogP contribution in [0.3, 0.4) is 0 Å². The third-order valence-corrected chi connectivity index (χ3v) is 2.94. The highest BCUT2D eigenvalue weighted by atomic mass is 16.2. The van der Waals surface area contributed by atoms with Gasteiger partial charge >= 0.3 is 0 Å². The predicted molar refractivity (Wildman–Crippen MR) is 77.3 cm³/mol. The third-order valence-electron chi connectivity index (χ3n) is 2.94. The quantitative estimate of drug-likeness (QED) is 0.610. The Bertz CT molecular complexity index is 524. The summed E-state index contributed by atoms with van der Waals surface area (Å²) in [6.45, 7) is 15.1. The first-order valence-electron chi connectivity index (χ1n) is 6.10. The Morgan fingerprint density at radius 1 is 0.947 bits per heavy atom. The fourth-order valence-electron chi connectivity index (χ4n) is 2.22. The predicted octanol–water partition coefficient (Wildman–Crippen LogP) is 2.98. The van der Waals surface area contributed by atoms with Gasteiger partial charge in [0.05, 0.1) is 0 Å². The molecule has 0 aromatic heterocycles. The molecule has 3 nitrogen and oxygen atoms in total. The summed E-state index contributed by atoms with van der Waals surface area (Å²) in [6.07, 6.45) is 3.40. The van der Waals surface area contributed by atoms with E-state index in [0.29, 0.717) is 16.7 Å². The Morgan fingerprint density at radius 2 is 1.32 bits per heavy atom. The van der Waals surface area contributed by atoms with Gasteiger partial charge in [-0.1, -0.05) is 36.5 Å². The highest BCUT2D eigenvalue weighted by Gasteiger charge is 2.31. The van der Waals surface area contributed by atoms with E-state index in [-0.39, 0.29) is 11.8 Å². The zero-order chi connectivity index (χ0) is 14.7. The van der Waals surface area contributed by atoms with Crippen LogP contribution in [0.1, 0.15) is 27.7 Å². The first-order valence-corrected chi connectivity index (χ1v) is 6.10. The second kappa shape index (κ2) is 5.65. The molecule has 100 valence electrons. The topological polar surface area (TPSA) is 46.2 Å². The number of imide groups is 1. The minimum absolute atomic E-state index is 0.381. The fourth-order valence-corrected chi connectivity index (χ4v) is 2.22.